The molecule has 2 fully saturated rings. The van der Waals surface area contributed by atoms with Gasteiger partial charge >= 0.3 is 0 Å². The quantitative estimate of drug-likeness (QED) is 0.727. The van der Waals surface area contributed by atoms with E-state index in [1.54, 1.807) is 0 Å². The van der Waals surface area contributed by atoms with Gasteiger partial charge in [0.2, 0.25) is 0 Å². The van der Waals surface area contributed by atoms with Crippen molar-refractivity contribution < 1.29 is 4.74 Å². The van der Waals surface area contributed by atoms with Gasteiger partial charge in [-0.2, -0.15) is 0 Å². The lowest BCUT2D eigenvalue weighted by Gasteiger charge is -2.43. The molecule has 82 valence electrons. The van der Waals surface area contributed by atoms with Crippen LogP contribution in [-0.4, -0.2) is 50.3 Å². The Morgan fingerprint density at radius 2 is 2.00 bits per heavy atom. The van der Waals surface area contributed by atoms with Crippen molar-refractivity contribution >= 4 is 0 Å². The molecule has 0 radical (unpaired) electrons. The summed E-state index contributed by atoms with van der Waals surface area (Å²) in [6.45, 7) is 2.34. The Balaban J connectivity index is 1.83. The summed E-state index contributed by atoms with van der Waals surface area (Å²) in [5.41, 5.74) is 0. The van der Waals surface area contributed by atoms with Gasteiger partial charge in [0, 0.05) is 32.3 Å². The first-order valence-electron chi connectivity index (χ1n) is 5.76. The molecular weight excluding hydrogens is 176 g/mol. The maximum atomic E-state index is 5.46. The molecule has 1 N–H and O–H groups in total. The van der Waals surface area contributed by atoms with Crippen LogP contribution in [0.4, 0.5) is 0 Å². The van der Waals surface area contributed by atoms with Gasteiger partial charge in [0.05, 0.1) is 6.10 Å². The van der Waals surface area contributed by atoms with Gasteiger partial charge in [-0.3, -0.25) is 4.90 Å². The fourth-order valence-corrected chi connectivity index (χ4v) is 2.56. The molecule has 1 heterocycles. The Bertz CT molecular complexity index is 182. The standard InChI is InChI=1S/C11H22N2O/c1-13(10-7-12-8-10)9-4-3-5-11(6-9)14-2/h9-12H,3-8H2,1-2H3. The number of hydrogen-bond acceptors (Lipinski definition) is 3. The highest BCUT2D eigenvalue weighted by Crippen LogP contribution is 2.25. The average Bonchev–Trinajstić information content (AvgIpc) is 2.15. The van der Waals surface area contributed by atoms with E-state index in [1.165, 1.54) is 38.8 Å². The van der Waals surface area contributed by atoms with Gasteiger partial charge in [0.25, 0.3) is 0 Å². The van der Waals surface area contributed by atoms with Crippen molar-refractivity contribution in [3.05, 3.63) is 0 Å². The second kappa shape index (κ2) is 4.60. The Morgan fingerprint density at radius 1 is 1.21 bits per heavy atom. The lowest BCUT2D eigenvalue weighted by Crippen LogP contribution is -2.59. The van der Waals surface area contributed by atoms with Crippen LogP contribution in [0.25, 0.3) is 0 Å². The van der Waals surface area contributed by atoms with Crippen LogP contribution in [0.5, 0.6) is 0 Å². The summed E-state index contributed by atoms with van der Waals surface area (Å²) in [5, 5.41) is 3.33. The predicted octanol–water partition coefficient (Wildman–Crippen LogP) is 0.848. The maximum absolute atomic E-state index is 5.46. The fourth-order valence-electron chi connectivity index (χ4n) is 2.56. The van der Waals surface area contributed by atoms with Crippen molar-refractivity contribution in [3.8, 4) is 0 Å². The second-order valence-electron chi connectivity index (χ2n) is 4.66. The van der Waals surface area contributed by atoms with E-state index in [0.717, 1.165) is 12.1 Å². The minimum Gasteiger partial charge on any atom is -0.381 e. The first-order valence-corrected chi connectivity index (χ1v) is 5.76. The van der Waals surface area contributed by atoms with Gasteiger partial charge in [-0.25, -0.2) is 0 Å². The fraction of sp³-hybridized carbons (Fsp3) is 1.00. The molecule has 2 rings (SSSR count). The van der Waals surface area contributed by atoms with Crippen LogP contribution in [0.15, 0.2) is 0 Å². The summed E-state index contributed by atoms with van der Waals surface area (Å²) in [5.74, 6) is 0. The predicted molar refractivity (Wildman–Crippen MR) is 57.5 cm³/mol. The van der Waals surface area contributed by atoms with Gasteiger partial charge in [-0.1, -0.05) is 0 Å². The Hall–Kier alpha value is -0.120. The lowest BCUT2D eigenvalue weighted by molar-refractivity contribution is 0.0161. The van der Waals surface area contributed by atoms with Gasteiger partial charge in [0.15, 0.2) is 0 Å². The molecule has 1 saturated carbocycles. The maximum Gasteiger partial charge on any atom is 0.0586 e. The highest BCUT2D eigenvalue weighted by Gasteiger charge is 2.30. The Labute approximate surface area is 86.8 Å². The zero-order valence-corrected chi connectivity index (χ0v) is 9.33. The molecule has 0 bridgehead atoms. The van der Waals surface area contributed by atoms with Gasteiger partial charge in [0.1, 0.15) is 0 Å². The molecule has 3 heteroatoms. The van der Waals surface area contributed by atoms with E-state index in [9.17, 15) is 0 Å². The van der Waals surface area contributed by atoms with Crippen molar-refractivity contribution in [2.24, 2.45) is 0 Å². The number of methoxy groups -OCH3 is 1. The van der Waals surface area contributed by atoms with Crippen molar-refractivity contribution in [2.75, 3.05) is 27.2 Å². The molecule has 1 saturated heterocycles. The molecule has 14 heavy (non-hydrogen) atoms. The van der Waals surface area contributed by atoms with Crippen LogP contribution in [0.3, 0.4) is 0 Å². The number of likely N-dealkylation sites (N-methyl/N-ethyl adjacent to an activating group) is 1. The molecule has 0 spiro atoms. The van der Waals surface area contributed by atoms with E-state index >= 15 is 0 Å². The van der Waals surface area contributed by atoms with Crippen molar-refractivity contribution in [1.82, 2.24) is 10.2 Å². The minimum absolute atomic E-state index is 0.504. The number of rotatable bonds is 3. The third-order valence-electron chi connectivity index (χ3n) is 3.84. The molecule has 2 aliphatic rings. The number of nitrogens with one attached hydrogen (secondary N) is 1. The van der Waals surface area contributed by atoms with E-state index in [2.05, 4.69) is 17.3 Å². The highest BCUT2D eigenvalue weighted by atomic mass is 16.5. The zero-order valence-electron chi connectivity index (χ0n) is 9.33. The van der Waals surface area contributed by atoms with E-state index < -0.39 is 0 Å². The molecule has 2 unspecified atom stereocenters. The Kier molecular flexibility index (Phi) is 3.42. The monoisotopic (exact) mass is 198 g/mol. The average molecular weight is 198 g/mol. The molecule has 0 aromatic rings. The first-order chi connectivity index (χ1) is 6.81. The van der Waals surface area contributed by atoms with E-state index in [0.29, 0.717) is 6.10 Å². The number of hydrogen-bond donors (Lipinski definition) is 1. The molecule has 3 nitrogen and oxygen atoms in total. The van der Waals surface area contributed by atoms with Crippen LogP contribution < -0.4 is 5.32 Å². The van der Waals surface area contributed by atoms with Gasteiger partial charge < -0.3 is 10.1 Å². The Morgan fingerprint density at radius 3 is 2.57 bits per heavy atom. The third-order valence-corrected chi connectivity index (χ3v) is 3.84. The summed E-state index contributed by atoms with van der Waals surface area (Å²) < 4.78 is 5.46. The van der Waals surface area contributed by atoms with Crippen LogP contribution in [-0.2, 0) is 4.74 Å². The molecular formula is C11H22N2O. The topological polar surface area (TPSA) is 24.5 Å². The number of nitrogens with zero attached hydrogens (tertiary/aromatic N) is 1. The minimum atomic E-state index is 0.504. The van der Waals surface area contributed by atoms with Crippen molar-refractivity contribution in [2.45, 2.75) is 43.9 Å². The van der Waals surface area contributed by atoms with Crippen LogP contribution >= 0.6 is 0 Å². The molecule has 0 aromatic heterocycles. The summed E-state index contributed by atoms with van der Waals surface area (Å²) in [7, 11) is 4.12. The smallest absolute Gasteiger partial charge is 0.0586 e. The van der Waals surface area contributed by atoms with Crippen LogP contribution in [0.1, 0.15) is 25.7 Å². The zero-order chi connectivity index (χ0) is 9.97. The summed E-state index contributed by atoms with van der Waals surface area (Å²) in [6.07, 6.45) is 5.66. The van der Waals surface area contributed by atoms with E-state index in [-0.39, 0.29) is 0 Å². The van der Waals surface area contributed by atoms with Gasteiger partial charge in [-0.05, 0) is 32.7 Å². The molecule has 0 amide bonds. The van der Waals surface area contributed by atoms with Crippen molar-refractivity contribution in [3.63, 3.8) is 0 Å². The summed E-state index contributed by atoms with van der Waals surface area (Å²) in [4.78, 5) is 2.56. The molecule has 0 aromatic carbocycles. The van der Waals surface area contributed by atoms with Crippen LogP contribution in [0, 0.1) is 0 Å². The highest BCUT2D eigenvalue weighted by molar-refractivity contribution is 4.89. The SMILES string of the molecule is COC1CCCC(N(C)C2CNC2)C1. The van der Waals surface area contributed by atoms with Gasteiger partial charge in [-0.15, -0.1) is 0 Å². The molecule has 2 atom stereocenters. The largest absolute Gasteiger partial charge is 0.381 e. The van der Waals surface area contributed by atoms with E-state index in [1.807, 2.05) is 7.11 Å². The molecule has 1 aliphatic heterocycles. The number of ether oxygens (including phenoxy) is 1. The second-order valence-corrected chi connectivity index (χ2v) is 4.66. The van der Waals surface area contributed by atoms with E-state index in [4.69, 9.17) is 4.74 Å². The lowest BCUT2D eigenvalue weighted by atomic mass is 9.90. The van der Waals surface area contributed by atoms with Crippen molar-refractivity contribution in [1.29, 1.82) is 0 Å². The normalized spacial score (nSPS) is 34.5. The third kappa shape index (κ3) is 2.10. The summed E-state index contributed by atoms with van der Waals surface area (Å²) in [6, 6.07) is 1.52. The first kappa shape index (κ1) is 10.4. The van der Waals surface area contributed by atoms with Crippen LogP contribution in [0.2, 0.25) is 0 Å². The summed E-state index contributed by atoms with van der Waals surface area (Å²) >= 11 is 0. The molecule has 1 aliphatic carbocycles.